The first-order valence-electron chi connectivity index (χ1n) is 20.2. The van der Waals surface area contributed by atoms with Gasteiger partial charge in [-0.2, -0.15) is 0 Å². The van der Waals surface area contributed by atoms with Crippen molar-refractivity contribution >= 4 is 46.8 Å². The molecule has 3 aliphatic heterocycles. The zero-order valence-electron chi connectivity index (χ0n) is 33.9. The third kappa shape index (κ3) is 10.5. The Labute approximate surface area is 344 Å². The molecule has 5 unspecified atom stereocenters. The maximum absolute atomic E-state index is 14.2. The van der Waals surface area contributed by atoms with E-state index < -0.39 is 42.0 Å². The molecule has 0 spiro atoms. The van der Waals surface area contributed by atoms with E-state index in [0.717, 1.165) is 6.42 Å². The van der Waals surface area contributed by atoms with Crippen LogP contribution < -0.4 is 26.6 Å². The molecule has 1 aromatic heterocycles. The number of nitrogens with zero attached hydrogens (tertiary/aromatic N) is 4. The SMILES string of the molecule is CN[C@@H](C)C(=O)NC(CC#CCC(C(=O)N1CCCC1C1=NC(C(=O)Nc2ccccc2)CO1)[C@H](C)NC)C(=O)N1CCCC1c1nc(C(=O)Nc2ccccc2)co1. The summed E-state index contributed by atoms with van der Waals surface area (Å²) in [5, 5.41) is 14.6. The minimum Gasteiger partial charge on any atom is -0.477 e. The number of ether oxygens (including phenoxy) is 1. The first-order chi connectivity index (χ1) is 28.6. The largest absolute Gasteiger partial charge is 0.477 e. The Hall–Kier alpha value is -6.05. The van der Waals surface area contributed by atoms with E-state index in [2.05, 4.69) is 48.4 Å². The Bertz CT molecular complexity index is 2050. The Balaban J connectivity index is 1.12. The molecule has 0 saturated carbocycles. The summed E-state index contributed by atoms with van der Waals surface area (Å²) in [6.07, 6.45) is 4.12. The lowest BCUT2D eigenvalue weighted by atomic mass is 9.95. The summed E-state index contributed by atoms with van der Waals surface area (Å²) in [7, 11) is 3.44. The van der Waals surface area contributed by atoms with E-state index in [4.69, 9.17) is 9.15 Å². The van der Waals surface area contributed by atoms with Gasteiger partial charge >= 0.3 is 0 Å². The van der Waals surface area contributed by atoms with Crippen molar-refractivity contribution in [3.63, 3.8) is 0 Å². The van der Waals surface area contributed by atoms with Gasteiger partial charge in [-0.25, -0.2) is 9.98 Å². The molecule has 3 aliphatic rings. The van der Waals surface area contributed by atoms with Crippen LogP contribution in [-0.2, 0) is 23.9 Å². The zero-order valence-corrected chi connectivity index (χ0v) is 33.9. The second-order valence-electron chi connectivity index (χ2n) is 14.9. The lowest BCUT2D eigenvalue weighted by Gasteiger charge is -2.30. The number of hydrogen-bond donors (Lipinski definition) is 5. The van der Waals surface area contributed by atoms with Crippen LogP contribution in [0.5, 0.6) is 0 Å². The monoisotopic (exact) mass is 807 g/mol. The summed E-state index contributed by atoms with van der Waals surface area (Å²) in [6.45, 7) is 4.63. The molecule has 59 heavy (non-hydrogen) atoms. The van der Waals surface area contributed by atoms with Crippen molar-refractivity contribution in [2.45, 2.75) is 88.6 Å². The average molecular weight is 808 g/mol. The van der Waals surface area contributed by atoms with Crippen LogP contribution in [0.3, 0.4) is 0 Å². The molecule has 0 radical (unpaired) electrons. The fraction of sp³-hybridized carbons (Fsp3) is 0.465. The zero-order chi connectivity index (χ0) is 41.9. The number of nitrogens with one attached hydrogen (secondary N) is 5. The minimum absolute atomic E-state index is 0.00118. The molecule has 2 aromatic carbocycles. The number of amides is 5. The quantitative estimate of drug-likeness (QED) is 0.142. The summed E-state index contributed by atoms with van der Waals surface area (Å²) < 4.78 is 11.7. The van der Waals surface area contributed by atoms with Crippen molar-refractivity contribution in [2.75, 3.05) is 44.4 Å². The van der Waals surface area contributed by atoms with E-state index in [9.17, 15) is 24.0 Å². The molecule has 7 atom stereocenters. The van der Waals surface area contributed by atoms with Crippen LogP contribution in [0, 0.1) is 17.8 Å². The van der Waals surface area contributed by atoms with Gasteiger partial charge in [-0.3, -0.25) is 24.0 Å². The number of benzene rings is 2. The van der Waals surface area contributed by atoms with Gasteiger partial charge in [0.05, 0.1) is 12.0 Å². The fourth-order valence-corrected chi connectivity index (χ4v) is 7.37. The molecule has 16 nitrogen and oxygen atoms in total. The number of para-hydroxylation sites is 2. The molecule has 6 rings (SSSR count). The van der Waals surface area contributed by atoms with Crippen molar-refractivity contribution in [3.05, 3.63) is 78.5 Å². The van der Waals surface area contributed by atoms with Crippen molar-refractivity contribution in [2.24, 2.45) is 10.9 Å². The van der Waals surface area contributed by atoms with Crippen LogP contribution in [0.1, 0.15) is 74.8 Å². The molecule has 2 fully saturated rings. The maximum atomic E-state index is 14.2. The first kappa shape index (κ1) is 42.6. The van der Waals surface area contributed by atoms with E-state index in [1.54, 1.807) is 55.1 Å². The molecule has 5 amide bonds. The summed E-state index contributed by atoms with van der Waals surface area (Å²) in [5.74, 6) is 4.77. The van der Waals surface area contributed by atoms with Crippen LogP contribution in [0.2, 0.25) is 0 Å². The number of oxazole rings is 1. The Kier molecular flexibility index (Phi) is 14.5. The molecule has 16 heteroatoms. The Morgan fingerprint density at radius 1 is 0.814 bits per heavy atom. The molecule has 0 aliphatic carbocycles. The number of carbonyl (C=O) groups excluding carboxylic acids is 5. The number of likely N-dealkylation sites (N-methyl/N-ethyl adjacent to an activating group) is 1. The smallest absolute Gasteiger partial charge is 0.277 e. The number of anilines is 2. The third-order valence-corrected chi connectivity index (χ3v) is 11.0. The number of hydrogen-bond acceptors (Lipinski definition) is 11. The first-order valence-corrected chi connectivity index (χ1v) is 20.2. The van der Waals surface area contributed by atoms with E-state index in [1.165, 1.54) is 6.26 Å². The summed E-state index contributed by atoms with van der Waals surface area (Å²) in [4.78, 5) is 79.7. The van der Waals surface area contributed by atoms with Gasteiger partial charge in [0.2, 0.25) is 29.5 Å². The topological polar surface area (TPSA) is 200 Å². The van der Waals surface area contributed by atoms with Crippen LogP contribution >= 0.6 is 0 Å². The summed E-state index contributed by atoms with van der Waals surface area (Å²) in [5.41, 5.74) is 1.36. The van der Waals surface area contributed by atoms with Crippen molar-refractivity contribution in [1.29, 1.82) is 0 Å². The molecule has 5 N–H and O–H groups in total. The van der Waals surface area contributed by atoms with Gasteiger partial charge in [-0.15, -0.1) is 11.8 Å². The molecule has 0 bridgehead atoms. The molecule has 3 aromatic rings. The summed E-state index contributed by atoms with van der Waals surface area (Å²) >= 11 is 0. The highest BCUT2D eigenvalue weighted by atomic mass is 16.5. The molecule has 312 valence electrons. The van der Waals surface area contributed by atoms with Crippen LogP contribution in [-0.4, -0.2) is 114 Å². The van der Waals surface area contributed by atoms with Gasteiger partial charge in [0.25, 0.3) is 11.8 Å². The number of carbonyl (C=O) groups is 5. The van der Waals surface area contributed by atoms with Gasteiger partial charge in [0, 0.05) is 43.3 Å². The second kappa shape index (κ2) is 20.1. The maximum Gasteiger partial charge on any atom is 0.277 e. The molecular formula is C43H53N9O7. The van der Waals surface area contributed by atoms with Gasteiger partial charge in [-0.05, 0) is 77.9 Å². The highest BCUT2D eigenvalue weighted by Gasteiger charge is 2.41. The normalized spacial score (nSPS) is 20.6. The highest BCUT2D eigenvalue weighted by molar-refractivity contribution is 6.02. The molecule has 2 saturated heterocycles. The van der Waals surface area contributed by atoms with Crippen LogP contribution in [0.25, 0.3) is 0 Å². The van der Waals surface area contributed by atoms with Crippen molar-refractivity contribution < 1.29 is 33.1 Å². The van der Waals surface area contributed by atoms with Crippen molar-refractivity contribution in [3.8, 4) is 11.8 Å². The lowest BCUT2D eigenvalue weighted by molar-refractivity contribution is -0.137. The van der Waals surface area contributed by atoms with E-state index >= 15 is 0 Å². The predicted molar refractivity (Wildman–Crippen MR) is 221 cm³/mol. The fourth-order valence-electron chi connectivity index (χ4n) is 7.37. The minimum atomic E-state index is -0.995. The molecular weight excluding hydrogens is 755 g/mol. The van der Waals surface area contributed by atoms with Crippen LogP contribution in [0.15, 0.2) is 76.3 Å². The van der Waals surface area contributed by atoms with Crippen LogP contribution in [0.4, 0.5) is 11.4 Å². The van der Waals surface area contributed by atoms with E-state index in [1.807, 2.05) is 43.3 Å². The standard InChI is InChI=1S/C43H53N9O7/c1-27(44-3)31(42(56)51-23-13-21-35(51)40-49-33(25-58-40)38(54)46-29-15-7-5-8-16-29)19-11-12-20-32(48-37(53)28(2)45-4)43(57)52-24-14-22-36(52)41-50-34(26-59-41)39(55)47-30-17-9-6-10-18-30/h5-10,15-18,26-28,31-33,35-36,44-45H,13-14,19-25H2,1-4H3,(H,46,54)(H,47,55)(H,48,53)/t27-,28-,31?,32?,33?,35?,36?/m0/s1. The van der Waals surface area contributed by atoms with E-state index in [-0.39, 0.29) is 60.7 Å². The number of aliphatic imine (C=N–C) groups is 1. The Morgan fingerprint density at radius 3 is 2.10 bits per heavy atom. The van der Waals surface area contributed by atoms with Gasteiger partial charge < -0.3 is 45.5 Å². The second-order valence-corrected chi connectivity index (χ2v) is 14.9. The molecule has 4 heterocycles. The van der Waals surface area contributed by atoms with E-state index in [0.29, 0.717) is 49.6 Å². The predicted octanol–water partition coefficient (Wildman–Crippen LogP) is 3.12. The number of aromatic nitrogens is 1. The highest BCUT2D eigenvalue weighted by Crippen LogP contribution is 2.32. The van der Waals surface area contributed by atoms with Crippen molar-refractivity contribution in [1.82, 2.24) is 30.7 Å². The van der Waals surface area contributed by atoms with Gasteiger partial charge in [0.15, 0.2) is 11.7 Å². The number of likely N-dealkylation sites (tertiary alicyclic amines) is 2. The third-order valence-electron chi connectivity index (χ3n) is 11.0. The summed E-state index contributed by atoms with van der Waals surface area (Å²) in [6, 6.07) is 14.7. The van der Waals surface area contributed by atoms with Gasteiger partial charge in [0.1, 0.15) is 31.0 Å². The number of rotatable bonds is 15. The average Bonchev–Trinajstić information content (AvgIpc) is 4.10. The van der Waals surface area contributed by atoms with Gasteiger partial charge in [-0.1, -0.05) is 36.4 Å². The lowest BCUT2D eigenvalue weighted by Crippen LogP contribution is -2.52. The Morgan fingerprint density at radius 2 is 1.44 bits per heavy atom.